The molecule has 0 bridgehead atoms. The molecule has 0 aliphatic rings. The predicted octanol–water partition coefficient (Wildman–Crippen LogP) is 2.59. The van der Waals surface area contributed by atoms with Gasteiger partial charge >= 0.3 is 0 Å². The molecule has 2 nitrogen and oxygen atoms in total. The Labute approximate surface area is 85.7 Å². The Hall–Kier alpha value is -0.830. The minimum atomic E-state index is -0.251. The van der Waals surface area contributed by atoms with E-state index in [9.17, 15) is 9.90 Å². The van der Waals surface area contributed by atoms with Crippen molar-refractivity contribution in [2.75, 3.05) is 0 Å². The number of aromatic hydroxyl groups is 1. The summed E-state index contributed by atoms with van der Waals surface area (Å²) in [6.07, 6.45) is 0.826. The maximum atomic E-state index is 10.5. The van der Waals surface area contributed by atoms with Crippen molar-refractivity contribution in [3.05, 3.63) is 29.3 Å². The molecule has 0 fully saturated rings. The van der Waals surface area contributed by atoms with Gasteiger partial charge in [0.1, 0.15) is 12.0 Å². The summed E-state index contributed by atoms with van der Waals surface area (Å²) >= 11 is 3.27. The maximum absolute atomic E-state index is 10.5. The first-order chi connectivity index (χ1) is 6.20. The molecule has 0 aliphatic heterocycles. The zero-order valence-corrected chi connectivity index (χ0v) is 8.91. The molecule has 3 heteroatoms. The molecular weight excluding hydrogens is 232 g/mol. The highest BCUT2D eigenvalue weighted by atomic mass is 79.9. The van der Waals surface area contributed by atoms with E-state index < -0.39 is 0 Å². The van der Waals surface area contributed by atoms with Gasteiger partial charge < -0.3 is 9.90 Å². The van der Waals surface area contributed by atoms with E-state index >= 15 is 0 Å². The van der Waals surface area contributed by atoms with Crippen LogP contribution in [0.2, 0.25) is 0 Å². The average Bonchev–Trinajstić information content (AvgIpc) is 2.17. The van der Waals surface area contributed by atoms with E-state index in [2.05, 4.69) is 15.9 Å². The second-order valence-corrected chi connectivity index (χ2v) is 3.47. The standard InChI is InChI=1S/C10H11BrO2/c1-7(6-12)9-4-2-3-8(5-11)10(9)13/h2-4,6-7,13H,5H2,1H3. The number of carbonyl (C=O) groups excluding carboxylic acids is 1. The number of benzene rings is 1. The molecule has 1 aromatic carbocycles. The molecule has 0 spiro atoms. The quantitative estimate of drug-likeness (QED) is 0.654. The molecule has 1 rings (SSSR count). The molecule has 0 amide bonds. The first-order valence-corrected chi connectivity index (χ1v) is 5.14. The van der Waals surface area contributed by atoms with E-state index in [0.29, 0.717) is 10.9 Å². The van der Waals surface area contributed by atoms with Gasteiger partial charge in [-0.15, -0.1) is 0 Å². The minimum absolute atomic E-state index is 0.221. The molecule has 70 valence electrons. The fourth-order valence-electron chi connectivity index (χ4n) is 1.16. The van der Waals surface area contributed by atoms with Crippen molar-refractivity contribution in [2.24, 2.45) is 0 Å². The highest BCUT2D eigenvalue weighted by Gasteiger charge is 2.11. The SMILES string of the molecule is CC(C=O)c1cccc(CBr)c1O. The molecule has 1 N–H and O–H groups in total. The van der Waals surface area contributed by atoms with Gasteiger partial charge in [-0.25, -0.2) is 0 Å². The van der Waals surface area contributed by atoms with Crippen LogP contribution in [0, 0.1) is 0 Å². The molecule has 0 saturated carbocycles. The largest absolute Gasteiger partial charge is 0.507 e. The average molecular weight is 243 g/mol. The molecular formula is C10H11BrO2. The van der Waals surface area contributed by atoms with Crippen molar-refractivity contribution in [3.8, 4) is 5.75 Å². The van der Waals surface area contributed by atoms with E-state index in [1.165, 1.54) is 0 Å². The van der Waals surface area contributed by atoms with Crippen LogP contribution in [0.1, 0.15) is 24.0 Å². The normalized spacial score (nSPS) is 12.5. The topological polar surface area (TPSA) is 37.3 Å². The predicted molar refractivity (Wildman–Crippen MR) is 55.2 cm³/mol. The summed E-state index contributed by atoms with van der Waals surface area (Å²) in [6, 6.07) is 5.43. The van der Waals surface area contributed by atoms with Crippen LogP contribution in [0.25, 0.3) is 0 Å². The third-order valence-corrected chi connectivity index (χ3v) is 2.59. The van der Waals surface area contributed by atoms with Crippen LogP contribution in [0.4, 0.5) is 0 Å². The highest BCUT2D eigenvalue weighted by Crippen LogP contribution is 2.29. The van der Waals surface area contributed by atoms with Gasteiger partial charge in [0.15, 0.2) is 0 Å². The van der Waals surface area contributed by atoms with Gasteiger partial charge in [0.05, 0.1) is 0 Å². The van der Waals surface area contributed by atoms with Gasteiger partial charge in [-0.3, -0.25) is 0 Å². The lowest BCUT2D eigenvalue weighted by atomic mass is 9.99. The minimum Gasteiger partial charge on any atom is -0.507 e. The van der Waals surface area contributed by atoms with E-state index in [1.807, 2.05) is 12.1 Å². The highest BCUT2D eigenvalue weighted by molar-refractivity contribution is 9.08. The Morgan fingerprint density at radius 2 is 2.31 bits per heavy atom. The number of phenols is 1. The van der Waals surface area contributed by atoms with Crippen molar-refractivity contribution in [1.82, 2.24) is 0 Å². The number of halogens is 1. The van der Waals surface area contributed by atoms with Crippen molar-refractivity contribution in [3.63, 3.8) is 0 Å². The van der Waals surface area contributed by atoms with Crippen molar-refractivity contribution < 1.29 is 9.90 Å². The van der Waals surface area contributed by atoms with Crippen LogP contribution >= 0.6 is 15.9 Å². The van der Waals surface area contributed by atoms with Crippen LogP contribution in [0.3, 0.4) is 0 Å². The number of aldehydes is 1. The lowest BCUT2D eigenvalue weighted by Crippen LogP contribution is -1.96. The lowest BCUT2D eigenvalue weighted by Gasteiger charge is -2.09. The van der Waals surface area contributed by atoms with Crippen molar-refractivity contribution in [1.29, 1.82) is 0 Å². The summed E-state index contributed by atoms with van der Waals surface area (Å²) in [5.74, 6) is -0.0297. The third-order valence-electron chi connectivity index (χ3n) is 1.99. The van der Waals surface area contributed by atoms with Crippen LogP contribution in [-0.4, -0.2) is 11.4 Å². The molecule has 1 aromatic rings. The monoisotopic (exact) mass is 242 g/mol. The van der Waals surface area contributed by atoms with Crippen LogP contribution < -0.4 is 0 Å². The second kappa shape index (κ2) is 4.42. The van der Waals surface area contributed by atoms with E-state index in [4.69, 9.17) is 0 Å². The number of phenolic OH excluding ortho intramolecular Hbond substituents is 1. The summed E-state index contributed by atoms with van der Waals surface area (Å²) in [6.45, 7) is 1.76. The molecule has 0 heterocycles. The number of carbonyl (C=O) groups is 1. The summed E-state index contributed by atoms with van der Waals surface area (Å²) in [5, 5.41) is 10.3. The number of hydrogen-bond donors (Lipinski definition) is 1. The fraction of sp³-hybridized carbons (Fsp3) is 0.300. The van der Waals surface area contributed by atoms with Crippen LogP contribution in [0.5, 0.6) is 5.75 Å². The van der Waals surface area contributed by atoms with Crippen LogP contribution in [0.15, 0.2) is 18.2 Å². The summed E-state index contributed by atoms with van der Waals surface area (Å²) in [5.41, 5.74) is 1.50. The Morgan fingerprint density at radius 3 is 2.85 bits per heavy atom. The fourth-order valence-corrected chi connectivity index (χ4v) is 1.61. The third kappa shape index (κ3) is 2.10. The number of alkyl halides is 1. The van der Waals surface area contributed by atoms with Gasteiger partial charge in [-0.05, 0) is 0 Å². The molecule has 1 unspecified atom stereocenters. The van der Waals surface area contributed by atoms with Crippen LogP contribution in [-0.2, 0) is 10.1 Å². The van der Waals surface area contributed by atoms with E-state index in [1.54, 1.807) is 13.0 Å². The molecule has 1 atom stereocenters. The Morgan fingerprint density at radius 1 is 1.62 bits per heavy atom. The van der Waals surface area contributed by atoms with Crippen molar-refractivity contribution >= 4 is 22.2 Å². The summed E-state index contributed by atoms with van der Waals surface area (Å²) in [7, 11) is 0. The Bertz CT molecular complexity index is 310. The molecule has 13 heavy (non-hydrogen) atoms. The number of rotatable bonds is 3. The smallest absolute Gasteiger partial charge is 0.127 e. The van der Waals surface area contributed by atoms with Gasteiger partial charge in [0.25, 0.3) is 0 Å². The van der Waals surface area contributed by atoms with E-state index in [0.717, 1.165) is 11.8 Å². The summed E-state index contributed by atoms with van der Waals surface area (Å²) in [4.78, 5) is 10.5. The zero-order chi connectivity index (χ0) is 9.84. The Balaban J connectivity index is 3.14. The molecule has 0 aliphatic carbocycles. The maximum Gasteiger partial charge on any atom is 0.127 e. The van der Waals surface area contributed by atoms with Gasteiger partial charge in [0, 0.05) is 22.4 Å². The van der Waals surface area contributed by atoms with Gasteiger partial charge in [-0.2, -0.15) is 0 Å². The van der Waals surface area contributed by atoms with Crippen molar-refractivity contribution in [2.45, 2.75) is 18.2 Å². The molecule has 0 aromatic heterocycles. The van der Waals surface area contributed by atoms with Gasteiger partial charge in [0.2, 0.25) is 0 Å². The lowest BCUT2D eigenvalue weighted by molar-refractivity contribution is -0.108. The molecule has 0 radical (unpaired) electrons. The van der Waals surface area contributed by atoms with E-state index in [-0.39, 0.29) is 11.7 Å². The summed E-state index contributed by atoms with van der Waals surface area (Å²) < 4.78 is 0. The zero-order valence-electron chi connectivity index (χ0n) is 7.33. The number of hydrogen-bond acceptors (Lipinski definition) is 2. The Kier molecular flexibility index (Phi) is 3.48. The first-order valence-electron chi connectivity index (χ1n) is 4.02. The first kappa shape index (κ1) is 10.3. The number of para-hydroxylation sites is 1. The second-order valence-electron chi connectivity index (χ2n) is 2.91. The molecule has 0 saturated heterocycles. The van der Waals surface area contributed by atoms with Gasteiger partial charge in [-0.1, -0.05) is 41.1 Å².